The quantitative estimate of drug-likeness (QED) is 0.687. The van der Waals surface area contributed by atoms with Crippen molar-refractivity contribution in [1.29, 1.82) is 0 Å². The zero-order valence-electron chi connectivity index (χ0n) is 12.6. The van der Waals surface area contributed by atoms with Gasteiger partial charge in [-0.25, -0.2) is 0 Å². The van der Waals surface area contributed by atoms with E-state index in [-0.39, 0.29) is 11.7 Å². The molecule has 0 spiro atoms. The normalized spacial score (nSPS) is 10.6. The van der Waals surface area contributed by atoms with Crippen molar-refractivity contribution in [3.8, 4) is 5.75 Å². The van der Waals surface area contributed by atoms with Crippen LogP contribution in [0.1, 0.15) is 21.5 Å². The highest BCUT2D eigenvalue weighted by Gasteiger charge is 2.09. The van der Waals surface area contributed by atoms with Gasteiger partial charge in [-0.05, 0) is 60.0 Å². The Hall–Kier alpha value is -2.81. The van der Waals surface area contributed by atoms with Gasteiger partial charge in [0.2, 0.25) is 0 Å². The predicted molar refractivity (Wildman–Crippen MR) is 89.5 cm³/mol. The van der Waals surface area contributed by atoms with Crippen LogP contribution in [0.2, 0.25) is 0 Å². The smallest absolute Gasteiger partial charge is 0.255 e. The molecule has 2 N–H and O–H groups in total. The molecule has 0 saturated carbocycles. The number of phenolic OH excluding ortho intramolecular Hbond substituents is 1. The molecule has 3 nitrogen and oxygen atoms in total. The number of aromatic hydroxyl groups is 1. The molecule has 3 aromatic rings. The number of phenols is 1. The van der Waals surface area contributed by atoms with Gasteiger partial charge in [0, 0.05) is 11.3 Å². The number of hydrogen-bond acceptors (Lipinski definition) is 2. The van der Waals surface area contributed by atoms with Gasteiger partial charge in [-0.2, -0.15) is 0 Å². The second kappa shape index (κ2) is 5.53. The van der Waals surface area contributed by atoms with Crippen LogP contribution in [0.3, 0.4) is 0 Å². The van der Waals surface area contributed by atoms with E-state index in [9.17, 15) is 9.90 Å². The molecule has 0 heterocycles. The molecule has 0 aliphatic carbocycles. The average Bonchev–Trinajstić information content (AvgIpc) is 2.52. The molecular formula is C19H17NO2. The van der Waals surface area contributed by atoms with Gasteiger partial charge >= 0.3 is 0 Å². The first-order valence-electron chi connectivity index (χ1n) is 7.15. The lowest BCUT2D eigenvalue weighted by atomic mass is 10.1. The predicted octanol–water partition coefficient (Wildman–Crippen LogP) is 4.41. The fourth-order valence-electron chi connectivity index (χ4n) is 2.56. The highest BCUT2D eigenvalue weighted by Crippen LogP contribution is 2.26. The van der Waals surface area contributed by atoms with Crippen LogP contribution in [0.5, 0.6) is 5.75 Å². The molecule has 3 aromatic carbocycles. The van der Waals surface area contributed by atoms with Crippen molar-refractivity contribution in [2.75, 3.05) is 5.32 Å². The molecule has 0 aromatic heterocycles. The van der Waals surface area contributed by atoms with E-state index in [0.717, 1.165) is 21.9 Å². The molecule has 0 atom stereocenters. The lowest BCUT2D eigenvalue weighted by molar-refractivity contribution is 0.102. The summed E-state index contributed by atoms with van der Waals surface area (Å²) in [6, 6.07) is 17.1. The summed E-state index contributed by atoms with van der Waals surface area (Å²) in [7, 11) is 0. The van der Waals surface area contributed by atoms with Crippen molar-refractivity contribution in [3.63, 3.8) is 0 Å². The number of aryl methyl sites for hydroxylation is 2. The number of rotatable bonds is 2. The topological polar surface area (TPSA) is 49.3 Å². The van der Waals surface area contributed by atoms with Gasteiger partial charge in [-0.15, -0.1) is 0 Å². The SMILES string of the molecule is Cc1cc(NC(=O)c2ccc3ccccc3c2)cc(C)c1O. The van der Waals surface area contributed by atoms with Crippen LogP contribution in [-0.4, -0.2) is 11.0 Å². The highest BCUT2D eigenvalue weighted by molar-refractivity contribution is 6.06. The Labute approximate surface area is 129 Å². The molecule has 0 unspecified atom stereocenters. The van der Waals surface area contributed by atoms with Crippen LogP contribution < -0.4 is 5.32 Å². The second-order valence-electron chi connectivity index (χ2n) is 5.47. The summed E-state index contributed by atoms with van der Waals surface area (Å²) in [6.07, 6.45) is 0. The number of nitrogens with one attached hydrogen (secondary N) is 1. The largest absolute Gasteiger partial charge is 0.507 e. The number of carbonyl (C=O) groups is 1. The van der Waals surface area contributed by atoms with Gasteiger partial charge < -0.3 is 10.4 Å². The van der Waals surface area contributed by atoms with Crippen LogP contribution in [0.25, 0.3) is 10.8 Å². The van der Waals surface area contributed by atoms with Crippen molar-refractivity contribution in [1.82, 2.24) is 0 Å². The minimum Gasteiger partial charge on any atom is -0.507 e. The number of hydrogen-bond donors (Lipinski definition) is 2. The molecule has 1 amide bonds. The third kappa shape index (κ3) is 2.66. The molecule has 22 heavy (non-hydrogen) atoms. The van der Waals surface area contributed by atoms with Crippen LogP contribution in [0, 0.1) is 13.8 Å². The van der Waals surface area contributed by atoms with E-state index in [1.54, 1.807) is 12.1 Å². The van der Waals surface area contributed by atoms with Crippen molar-refractivity contribution < 1.29 is 9.90 Å². The molecule has 0 aliphatic heterocycles. The number of anilines is 1. The number of fused-ring (bicyclic) bond motifs is 1. The molecule has 0 fully saturated rings. The van der Waals surface area contributed by atoms with Gasteiger partial charge in [0.15, 0.2) is 0 Å². The van der Waals surface area contributed by atoms with Crippen LogP contribution in [-0.2, 0) is 0 Å². The van der Waals surface area contributed by atoms with Crippen LogP contribution in [0.15, 0.2) is 54.6 Å². The van der Waals surface area contributed by atoms with Crippen molar-refractivity contribution >= 4 is 22.4 Å². The summed E-state index contributed by atoms with van der Waals surface area (Å²) in [5.41, 5.74) is 2.79. The van der Waals surface area contributed by atoms with Crippen molar-refractivity contribution in [2.45, 2.75) is 13.8 Å². The summed E-state index contributed by atoms with van der Waals surface area (Å²) in [5, 5.41) is 14.8. The third-order valence-corrected chi connectivity index (χ3v) is 3.76. The standard InChI is InChI=1S/C19H17NO2/c1-12-9-17(10-13(2)18(12)21)20-19(22)16-8-7-14-5-3-4-6-15(14)11-16/h3-11,21H,1-2H3,(H,20,22). The van der Waals surface area contributed by atoms with E-state index < -0.39 is 0 Å². The third-order valence-electron chi connectivity index (χ3n) is 3.76. The van der Waals surface area contributed by atoms with Gasteiger partial charge in [0.1, 0.15) is 5.75 Å². The maximum atomic E-state index is 12.4. The Morgan fingerprint density at radius 1 is 0.909 bits per heavy atom. The summed E-state index contributed by atoms with van der Waals surface area (Å²) in [5.74, 6) is 0.110. The Bertz CT molecular complexity index is 845. The lowest BCUT2D eigenvalue weighted by Crippen LogP contribution is -2.12. The maximum Gasteiger partial charge on any atom is 0.255 e. The Morgan fingerprint density at radius 3 is 2.23 bits per heavy atom. The molecule has 0 bridgehead atoms. The van der Waals surface area contributed by atoms with E-state index in [2.05, 4.69) is 5.32 Å². The fraction of sp³-hybridized carbons (Fsp3) is 0.105. The number of carbonyl (C=O) groups excluding carboxylic acids is 1. The van der Waals surface area contributed by atoms with E-state index in [1.807, 2.05) is 56.3 Å². The lowest BCUT2D eigenvalue weighted by Gasteiger charge is -2.10. The van der Waals surface area contributed by atoms with Crippen LogP contribution >= 0.6 is 0 Å². The molecule has 0 radical (unpaired) electrons. The Balaban J connectivity index is 1.90. The zero-order chi connectivity index (χ0) is 15.7. The van der Waals surface area contributed by atoms with E-state index in [0.29, 0.717) is 11.3 Å². The average molecular weight is 291 g/mol. The minimum atomic E-state index is -0.157. The van der Waals surface area contributed by atoms with E-state index in [1.165, 1.54) is 0 Å². The molecule has 3 heteroatoms. The number of benzene rings is 3. The van der Waals surface area contributed by atoms with Crippen LogP contribution in [0.4, 0.5) is 5.69 Å². The van der Waals surface area contributed by atoms with Crippen molar-refractivity contribution in [3.05, 3.63) is 71.3 Å². The Kier molecular flexibility index (Phi) is 3.55. The molecular weight excluding hydrogens is 274 g/mol. The first-order chi connectivity index (χ1) is 10.5. The minimum absolute atomic E-state index is 0.157. The van der Waals surface area contributed by atoms with E-state index >= 15 is 0 Å². The summed E-state index contributed by atoms with van der Waals surface area (Å²) in [4.78, 5) is 12.4. The molecule has 0 saturated heterocycles. The molecule has 110 valence electrons. The summed E-state index contributed by atoms with van der Waals surface area (Å²) in [6.45, 7) is 3.63. The molecule has 3 rings (SSSR count). The van der Waals surface area contributed by atoms with Gasteiger partial charge in [-0.1, -0.05) is 30.3 Å². The first-order valence-corrected chi connectivity index (χ1v) is 7.15. The van der Waals surface area contributed by atoms with Gasteiger partial charge in [0.05, 0.1) is 0 Å². The van der Waals surface area contributed by atoms with Gasteiger partial charge in [0.25, 0.3) is 5.91 Å². The van der Waals surface area contributed by atoms with Gasteiger partial charge in [-0.3, -0.25) is 4.79 Å². The zero-order valence-corrected chi connectivity index (χ0v) is 12.6. The molecule has 0 aliphatic rings. The number of amides is 1. The first kappa shape index (κ1) is 14.1. The second-order valence-corrected chi connectivity index (χ2v) is 5.47. The Morgan fingerprint density at radius 2 is 1.55 bits per heavy atom. The van der Waals surface area contributed by atoms with Crippen molar-refractivity contribution in [2.24, 2.45) is 0 Å². The maximum absolute atomic E-state index is 12.4. The monoisotopic (exact) mass is 291 g/mol. The van der Waals surface area contributed by atoms with E-state index in [4.69, 9.17) is 0 Å². The summed E-state index contributed by atoms with van der Waals surface area (Å²) >= 11 is 0. The fourth-order valence-corrected chi connectivity index (χ4v) is 2.56. The highest BCUT2D eigenvalue weighted by atomic mass is 16.3. The summed E-state index contributed by atoms with van der Waals surface area (Å²) < 4.78 is 0.